The maximum atomic E-state index is 11.0. The summed E-state index contributed by atoms with van der Waals surface area (Å²) in [5, 5.41) is 22.8. The molecule has 4 rings (SSSR count). The van der Waals surface area contributed by atoms with Crippen molar-refractivity contribution < 1.29 is 15.0 Å². The van der Waals surface area contributed by atoms with Gasteiger partial charge in [0.2, 0.25) is 0 Å². The molecular weight excluding hydrogens is 358 g/mol. The van der Waals surface area contributed by atoms with Crippen LogP contribution in [0.15, 0.2) is 49.1 Å². The van der Waals surface area contributed by atoms with E-state index in [2.05, 4.69) is 15.1 Å². The SMILES string of the molecule is O=C(O)N1CCC(n2cc(-c3cnc(-c4cccc(CO)c4)nc3)cn2)CC1. The number of aromatic nitrogens is 4. The average molecular weight is 379 g/mol. The van der Waals surface area contributed by atoms with Crippen LogP contribution in [0.25, 0.3) is 22.5 Å². The fourth-order valence-corrected chi connectivity index (χ4v) is 3.44. The van der Waals surface area contributed by atoms with Crippen molar-refractivity contribution in [2.75, 3.05) is 13.1 Å². The molecule has 0 unspecified atom stereocenters. The molecule has 0 aliphatic carbocycles. The number of nitrogens with zero attached hydrogens (tertiary/aromatic N) is 5. The molecule has 28 heavy (non-hydrogen) atoms. The number of amides is 1. The summed E-state index contributed by atoms with van der Waals surface area (Å²) in [7, 11) is 0. The number of aliphatic hydroxyl groups is 1. The molecule has 144 valence electrons. The van der Waals surface area contributed by atoms with Crippen molar-refractivity contribution >= 4 is 6.09 Å². The van der Waals surface area contributed by atoms with Gasteiger partial charge in [0.1, 0.15) is 0 Å². The Morgan fingerprint density at radius 3 is 2.50 bits per heavy atom. The Hall–Kier alpha value is -3.26. The summed E-state index contributed by atoms with van der Waals surface area (Å²) >= 11 is 0. The highest BCUT2D eigenvalue weighted by Crippen LogP contribution is 2.26. The van der Waals surface area contributed by atoms with Crippen molar-refractivity contribution in [1.82, 2.24) is 24.6 Å². The van der Waals surface area contributed by atoms with E-state index in [4.69, 9.17) is 5.11 Å². The molecule has 0 spiro atoms. The minimum atomic E-state index is -0.860. The van der Waals surface area contributed by atoms with Gasteiger partial charge in [-0.1, -0.05) is 18.2 Å². The number of aliphatic hydroxyl groups excluding tert-OH is 1. The Bertz CT molecular complexity index is 962. The molecule has 3 heterocycles. The molecule has 1 aromatic carbocycles. The van der Waals surface area contributed by atoms with Gasteiger partial charge in [-0.05, 0) is 24.5 Å². The lowest BCUT2D eigenvalue weighted by Crippen LogP contribution is -2.38. The lowest BCUT2D eigenvalue weighted by molar-refractivity contribution is 0.124. The molecule has 1 aliphatic rings. The van der Waals surface area contributed by atoms with Crippen LogP contribution in [-0.4, -0.2) is 54.0 Å². The number of carbonyl (C=O) groups is 1. The molecule has 2 aromatic heterocycles. The van der Waals surface area contributed by atoms with E-state index in [9.17, 15) is 9.90 Å². The summed E-state index contributed by atoms with van der Waals surface area (Å²) in [6.07, 6.45) is 7.93. The van der Waals surface area contributed by atoms with E-state index in [-0.39, 0.29) is 12.6 Å². The number of rotatable bonds is 4. The molecule has 0 bridgehead atoms. The van der Waals surface area contributed by atoms with Gasteiger partial charge in [0.15, 0.2) is 5.82 Å². The van der Waals surface area contributed by atoms with Crippen molar-refractivity contribution in [1.29, 1.82) is 0 Å². The molecule has 8 heteroatoms. The fourth-order valence-electron chi connectivity index (χ4n) is 3.44. The van der Waals surface area contributed by atoms with Crippen LogP contribution in [0.1, 0.15) is 24.4 Å². The average Bonchev–Trinajstić information content (AvgIpc) is 3.24. The van der Waals surface area contributed by atoms with E-state index in [1.54, 1.807) is 18.6 Å². The van der Waals surface area contributed by atoms with Gasteiger partial charge in [-0.2, -0.15) is 5.10 Å². The highest BCUT2D eigenvalue weighted by atomic mass is 16.4. The summed E-state index contributed by atoms with van der Waals surface area (Å²) in [6.45, 7) is 1.04. The molecule has 1 saturated heterocycles. The first-order valence-corrected chi connectivity index (χ1v) is 9.18. The fraction of sp³-hybridized carbons (Fsp3) is 0.300. The maximum Gasteiger partial charge on any atom is 0.407 e. The molecule has 0 atom stereocenters. The summed E-state index contributed by atoms with van der Waals surface area (Å²) in [5.41, 5.74) is 3.48. The zero-order valence-electron chi connectivity index (χ0n) is 15.3. The van der Waals surface area contributed by atoms with E-state index in [0.717, 1.165) is 35.1 Å². The number of piperidine rings is 1. The second-order valence-electron chi connectivity index (χ2n) is 6.86. The summed E-state index contributed by atoms with van der Waals surface area (Å²) in [6, 6.07) is 7.71. The van der Waals surface area contributed by atoms with Gasteiger partial charge in [-0.25, -0.2) is 14.8 Å². The van der Waals surface area contributed by atoms with Crippen LogP contribution in [0.4, 0.5) is 4.79 Å². The van der Waals surface area contributed by atoms with Crippen molar-refractivity contribution in [3.8, 4) is 22.5 Å². The first-order valence-electron chi connectivity index (χ1n) is 9.18. The normalized spacial score (nSPS) is 15.0. The van der Waals surface area contributed by atoms with Crippen LogP contribution in [0, 0.1) is 0 Å². The number of carboxylic acid groups (broad SMARTS) is 1. The van der Waals surface area contributed by atoms with Crippen LogP contribution < -0.4 is 0 Å². The predicted octanol–water partition coefficient (Wildman–Crippen LogP) is 2.81. The molecule has 8 nitrogen and oxygen atoms in total. The monoisotopic (exact) mass is 379 g/mol. The molecule has 0 saturated carbocycles. The van der Waals surface area contributed by atoms with Gasteiger partial charge in [-0.15, -0.1) is 0 Å². The maximum absolute atomic E-state index is 11.0. The van der Waals surface area contributed by atoms with Gasteiger partial charge in [0.05, 0.1) is 18.8 Å². The second-order valence-corrected chi connectivity index (χ2v) is 6.86. The van der Waals surface area contributed by atoms with Crippen molar-refractivity contribution in [3.05, 3.63) is 54.6 Å². The Kier molecular flexibility index (Phi) is 5.03. The summed E-state index contributed by atoms with van der Waals surface area (Å²) < 4.78 is 1.91. The lowest BCUT2D eigenvalue weighted by atomic mass is 10.1. The quantitative estimate of drug-likeness (QED) is 0.722. The number of likely N-dealkylation sites (tertiary alicyclic amines) is 1. The Morgan fingerprint density at radius 2 is 1.82 bits per heavy atom. The first-order chi connectivity index (χ1) is 13.6. The third-order valence-electron chi connectivity index (χ3n) is 5.06. The van der Waals surface area contributed by atoms with Gasteiger partial charge in [0.25, 0.3) is 0 Å². The minimum Gasteiger partial charge on any atom is -0.465 e. The smallest absolute Gasteiger partial charge is 0.407 e. The predicted molar refractivity (Wildman–Crippen MR) is 102 cm³/mol. The largest absolute Gasteiger partial charge is 0.465 e. The molecule has 1 fully saturated rings. The van der Waals surface area contributed by atoms with E-state index in [1.165, 1.54) is 4.90 Å². The van der Waals surface area contributed by atoms with Gasteiger partial charge in [-0.3, -0.25) is 4.68 Å². The molecule has 0 radical (unpaired) electrons. The van der Waals surface area contributed by atoms with Gasteiger partial charge in [0, 0.05) is 48.4 Å². The first kappa shape index (κ1) is 18.1. The standard InChI is InChI=1S/C20H21N5O3/c26-13-14-2-1-3-15(8-14)19-21-9-16(10-22-19)17-11-23-25(12-17)18-4-6-24(7-5-18)20(27)28/h1-3,8-12,18,26H,4-7,13H2,(H,27,28). The van der Waals surface area contributed by atoms with Crippen molar-refractivity contribution in [2.45, 2.75) is 25.5 Å². The van der Waals surface area contributed by atoms with Crippen LogP contribution in [0.2, 0.25) is 0 Å². The lowest BCUT2D eigenvalue weighted by Gasteiger charge is -2.30. The highest BCUT2D eigenvalue weighted by molar-refractivity contribution is 5.65. The third kappa shape index (κ3) is 3.72. The van der Waals surface area contributed by atoms with Crippen LogP contribution in [-0.2, 0) is 6.61 Å². The van der Waals surface area contributed by atoms with Crippen LogP contribution in [0.5, 0.6) is 0 Å². The molecule has 3 aromatic rings. The second kappa shape index (κ2) is 7.77. The Labute approximate surface area is 162 Å². The number of hydrogen-bond acceptors (Lipinski definition) is 5. The third-order valence-corrected chi connectivity index (χ3v) is 5.06. The molecule has 2 N–H and O–H groups in total. The van der Waals surface area contributed by atoms with Crippen molar-refractivity contribution in [3.63, 3.8) is 0 Å². The van der Waals surface area contributed by atoms with Crippen LogP contribution in [0.3, 0.4) is 0 Å². The Balaban J connectivity index is 1.47. The zero-order valence-corrected chi connectivity index (χ0v) is 15.3. The topological polar surface area (TPSA) is 104 Å². The van der Waals surface area contributed by atoms with Crippen molar-refractivity contribution in [2.24, 2.45) is 0 Å². The molecular formula is C20H21N5O3. The molecule has 1 aliphatic heterocycles. The molecule has 1 amide bonds. The minimum absolute atomic E-state index is 0.0174. The van der Waals surface area contributed by atoms with Crippen LogP contribution >= 0.6 is 0 Å². The van der Waals surface area contributed by atoms with E-state index in [1.807, 2.05) is 35.1 Å². The summed E-state index contributed by atoms with van der Waals surface area (Å²) in [5.74, 6) is 0.604. The van der Waals surface area contributed by atoms with E-state index in [0.29, 0.717) is 18.9 Å². The zero-order chi connectivity index (χ0) is 19.5. The Morgan fingerprint density at radius 1 is 1.07 bits per heavy atom. The van der Waals surface area contributed by atoms with Gasteiger partial charge >= 0.3 is 6.09 Å². The number of hydrogen-bond donors (Lipinski definition) is 2. The van der Waals surface area contributed by atoms with E-state index >= 15 is 0 Å². The summed E-state index contributed by atoms with van der Waals surface area (Å²) in [4.78, 5) is 21.4. The van der Waals surface area contributed by atoms with Gasteiger partial charge < -0.3 is 15.1 Å². The number of benzene rings is 1. The highest BCUT2D eigenvalue weighted by Gasteiger charge is 2.24. The van der Waals surface area contributed by atoms with E-state index < -0.39 is 6.09 Å².